The summed E-state index contributed by atoms with van der Waals surface area (Å²) < 4.78 is 1.31. The molecule has 0 aliphatic heterocycles. The van der Waals surface area contributed by atoms with Crippen LogP contribution in [0.25, 0.3) is 0 Å². The molecule has 0 saturated carbocycles. The van der Waals surface area contributed by atoms with Crippen molar-refractivity contribution in [2.24, 2.45) is 0 Å². The fraction of sp³-hybridized carbons (Fsp3) is 0. The predicted octanol–water partition coefficient (Wildman–Crippen LogP) is 4.37. The largest absolute Gasteiger partial charge is 0.322 e. The lowest BCUT2D eigenvalue weighted by atomic mass is 10.2. The van der Waals surface area contributed by atoms with Gasteiger partial charge >= 0.3 is 0 Å². The van der Waals surface area contributed by atoms with E-state index in [9.17, 15) is 14.9 Å². The van der Waals surface area contributed by atoms with Crippen LogP contribution in [0.2, 0.25) is 0 Å². The Morgan fingerprint density at radius 1 is 1.10 bits per heavy atom. The lowest BCUT2D eigenvalue weighted by Crippen LogP contribution is -2.12. The maximum Gasteiger partial charge on any atom is 0.271 e. The van der Waals surface area contributed by atoms with Gasteiger partial charge in [0.2, 0.25) is 0 Å². The zero-order valence-electron chi connectivity index (χ0n) is 9.97. The lowest BCUT2D eigenvalue weighted by Gasteiger charge is -2.06. The summed E-state index contributed by atoms with van der Waals surface area (Å²) in [5.74, 6) is -0.410. The predicted molar refractivity (Wildman–Crippen MR) is 82.9 cm³/mol. The molecule has 0 fully saturated rings. The molecular weight excluding hydrogens is 392 g/mol. The van der Waals surface area contributed by atoms with E-state index < -0.39 is 10.8 Å². The molecule has 102 valence electrons. The van der Waals surface area contributed by atoms with E-state index in [1.165, 1.54) is 18.2 Å². The summed E-state index contributed by atoms with van der Waals surface area (Å²) in [4.78, 5) is 22.3. The van der Waals surface area contributed by atoms with Gasteiger partial charge in [0.15, 0.2) is 0 Å². The van der Waals surface area contributed by atoms with Crippen molar-refractivity contribution >= 4 is 49.1 Å². The van der Waals surface area contributed by atoms with E-state index in [0.29, 0.717) is 10.2 Å². The highest BCUT2D eigenvalue weighted by Gasteiger charge is 2.14. The molecule has 0 aliphatic carbocycles. The molecule has 7 heteroatoms. The average molecular weight is 400 g/mol. The van der Waals surface area contributed by atoms with Crippen molar-refractivity contribution in [1.29, 1.82) is 0 Å². The number of hydrogen-bond acceptors (Lipinski definition) is 3. The number of nitrogens with one attached hydrogen (secondary N) is 1. The second-order valence-corrected chi connectivity index (χ2v) is 5.75. The summed E-state index contributed by atoms with van der Waals surface area (Å²) >= 11 is 6.46. The molecule has 0 saturated heterocycles. The van der Waals surface area contributed by atoms with Crippen LogP contribution in [-0.4, -0.2) is 10.8 Å². The van der Waals surface area contributed by atoms with Crippen LogP contribution in [0.1, 0.15) is 10.4 Å². The third-order valence-corrected chi connectivity index (χ3v) is 3.39. The summed E-state index contributed by atoms with van der Waals surface area (Å²) in [6.07, 6.45) is 0. The van der Waals surface area contributed by atoms with Crippen LogP contribution in [0, 0.1) is 10.1 Å². The van der Waals surface area contributed by atoms with Gasteiger partial charge in [-0.3, -0.25) is 14.9 Å². The molecule has 0 spiro atoms. The number of nitro benzene ring substituents is 1. The molecule has 2 aromatic carbocycles. The highest BCUT2D eigenvalue weighted by Crippen LogP contribution is 2.22. The van der Waals surface area contributed by atoms with Gasteiger partial charge in [-0.2, -0.15) is 0 Å². The standard InChI is InChI=1S/C13H8Br2N2O3/c14-9-2-1-3-11(6-9)16-13(18)8-4-10(15)7-12(5-8)17(19)20/h1-7H,(H,16,18). The molecule has 0 radical (unpaired) electrons. The number of non-ortho nitro benzene ring substituents is 1. The first-order valence-corrected chi connectivity index (χ1v) is 7.06. The van der Waals surface area contributed by atoms with Gasteiger partial charge in [0.1, 0.15) is 0 Å². The van der Waals surface area contributed by atoms with Gasteiger partial charge in [-0.05, 0) is 24.3 Å². The maximum atomic E-state index is 12.1. The molecule has 0 aliphatic rings. The third-order valence-electron chi connectivity index (χ3n) is 2.44. The Morgan fingerprint density at radius 3 is 2.50 bits per heavy atom. The number of carbonyl (C=O) groups excluding carboxylic acids is 1. The average Bonchev–Trinajstić information content (AvgIpc) is 2.37. The van der Waals surface area contributed by atoms with Crippen LogP contribution in [0.15, 0.2) is 51.4 Å². The normalized spacial score (nSPS) is 10.1. The number of halogens is 2. The first-order valence-electron chi connectivity index (χ1n) is 5.47. The monoisotopic (exact) mass is 398 g/mol. The van der Waals surface area contributed by atoms with E-state index in [1.54, 1.807) is 18.2 Å². The molecule has 0 unspecified atom stereocenters. The molecule has 0 bridgehead atoms. The molecule has 20 heavy (non-hydrogen) atoms. The van der Waals surface area contributed by atoms with Gasteiger partial charge in [-0.25, -0.2) is 0 Å². The highest BCUT2D eigenvalue weighted by molar-refractivity contribution is 9.10. The fourth-order valence-corrected chi connectivity index (χ4v) is 2.46. The number of anilines is 1. The highest BCUT2D eigenvalue weighted by atomic mass is 79.9. The minimum atomic E-state index is -0.541. The fourth-order valence-electron chi connectivity index (χ4n) is 1.58. The van der Waals surface area contributed by atoms with Gasteiger partial charge in [-0.15, -0.1) is 0 Å². The van der Waals surface area contributed by atoms with Crippen LogP contribution in [0.4, 0.5) is 11.4 Å². The SMILES string of the molecule is O=C(Nc1cccc(Br)c1)c1cc(Br)cc([N+](=O)[O-])c1. The van der Waals surface area contributed by atoms with E-state index >= 15 is 0 Å². The number of rotatable bonds is 3. The van der Waals surface area contributed by atoms with Crippen molar-refractivity contribution < 1.29 is 9.72 Å². The van der Waals surface area contributed by atoms with Crippen molar-refractivity contribution in [3.8, 4) is 0 Å². The molecule has 2 aromatic rings. The summed E-state index contributed by atoms with van der Waals surface area (Å²) in [6, 6.07) is 11.2. The minimum absolute atomic E-state index is 0.140. The summed E-state index contributed by atoms with van der Waals surface area (Å²) in [5.41, 5.74) is 0.678. The summed E-state index contributed by atoms with van der Waals surface area (Å²) in [6.45, 7) is 0. The molecule has 5 nitrogen and oxygen atoms in total. The number of hydrogen-bond donors (Lipinski definition) is 1. The zero-order valence-corrected chi connectivity index (χ0v) is 13.1. The lowest BCUT2D eigenvalue weighted by molar-refractivity contribution is -0.384. The Labute approximate surface area is 131 Å². The van der Waals surface area contributed by atoms with Crippen molar-refractivity contribution in [3.63, 3.8) is 0 Å². The molecule has 0 atom stereocenters. The maximum absolute atomic E-state index is 12.1. The first kappa shape index (κ1) is 14.7. The second kappa shape index (κ2) is 6.15. The minimum Gasteiger partial charge on any atom is -0.322 e. The topological polar surface area (TPSA) is 72.2 Å². The van der Waals surface area contributed by atoms with Gasteiger partial charge in [0.25, 0.3) is 11.6 Å². The van der Waals surface area contributed by atoms with E-state index in [4.69, 9.17) is 0 Å². The number of nitrogens with zero attached hydrogens (tertiary/aromatic N) is 1. The number of amides is 1. The third kappa shape index (κ3) is 3.64. The van der Waals surface area contributed by atoms with E-state index in [-0.39, 0.29) is 11.3 Å². The van der Waals surface area contributed by atoms with Crippen molar-refractivity contribution in [1.82, 2.24) is 0 Å². The van der Waals surface area contributed by atoms with Crippen LogP contribution < -0.4 is 5.32 Å². The van der Waals surface area contributed by atoms with Gasteiger partial charge in [0.05, 0.1) is 4.92 Å². The summed E-state index contributed by atoms with van der Waals surface area (Å²) in [7, 11) is 0. The summed E-state index contributed by atoms with van der Waals surface area (Å²) in [5, 5.41) is 13.5. The second-order valence-electron chi connectivity index (χ2n) is 3.92. The molecule has 0 heterocycles. The zero-order chi connectivity index (χ0) is 14.7. The van der Waals surface area contributed by atoms with Crippen molar-refractivity contribution in [2.75, 3.05) is 5.32 Å². The van der Waals surface area contributed by atoms with Gasteiger partial charge in [0, 0.05) is 32.3 Å². The Balaban J connectivity index is 2.27. The van der Waals surface area contributed by atoms with Crippen LogP contribution in [0.5, 0.6) is 0 Å². The van der Waals surface area contributed by atoms with Gasteiger partial charge < -0.3 is 5.32 Å². The first-order chi connectivity index (χ1) is 9.45. The number of carbonyl (C=O) groups is 1. The van der Waals surface area contributed by atoms with Crippen LogP contribution >= 0.6 is 31.9 Å². The molecule has 1 N–H and O–H groups in total. The number of nitro groups is 1. The Morgan fingerprint density at radius 2 is 1.85 bits per heavy atom. The van der Waals surface area contributed by atoms with Crippen LogP contribution in [0.3, 0.4) is 0 Å². The molecule has 1 amide bonds. The smallest absolute Gasteiger partial charge is 0.271 e. The quantitative estimate of drug-likeness (QED) is 0.615. The van der Waals surface area contributed by atoms with Crippen molar-refractivity contribution in [3.05, 3.63) is 67.1 Å². The van der Waals surface area contributed by atoms with E-state index in [2.05, 4.69) is 37.2 Å². The number of benzene rings is 2. The van der Waals surface area contributed by atoms with Crippen molar-refractivity contribution in [2.45, 2.75) is 0 Å². The Hall–Kier alpha value is -1.73. The van der Waals surface area contributed by atoms with Crippen LogP contribution in [-0.2, 0) is 0 Å². The molecule has 0 aromatic heterocycles. The Bertz CT molecular complexity index is 689. The van der Waals surface area contributed by atoms with Gasteiger partial charge in [-0.1, -0.05) is 37.9 Å². The van der Waals surface area contributed by atoms with E-state index in [0.717, 1.165) is 4.47 Å². The van der Waals surface area contributed by atoms with E-state index in [1.807, 2.05) is 6.07 Å². The Kier molecular flexibility index (Phi) is 4.51. The molecule has 2 rings (SSSR count). The molecular formula is C13H8Br2N2O3.